The van der Waals surface area contributed by atoms with Gasteiger partial charge in [0.05, 0.1) is 15.6 Å². The first kappa shape index (κ1) is 23.0. The Kier molecular flexibility index (Phi) is 8.45. The number of nitro groups is 1. The predicted octanol–water partition coefficient (Wildman–Crippen LogP) is 4.51. The van der Waals surface area contributed by atoms with Gasteiger partial charge in [-0.2, -0.15) is 0 Å². The Morgan fingerprint density at radius 1 is 1.20 bits per heavy atom. The molecule has 0 heterocycles. The molecule has 2 amide bonds. The molecule has 0 aliphatic heterocycles. The van der Waals surface area contributed by atoms with Gasteiger partial charge in [-0.1, -0.05) is 30.7 Å². The Bertz CT molecular complexity index is 1010. The van der Waals surface area contributed by atoms with Gasteiger partial charge >= 0.3 is 0 Å². The molecule has 0 aliphatic carbocycles. The van der Waals surface area contributed by atoms with E-state index in [1.807, 2.05) is 6.92 Å². The molecule has 156 valence electrons. The minimum Gasteiger partial charge on any atom is -0.331 e. The van der Waals surface area contributed by atoms with Crippen LogP contribution in [0.3, 0.4) is 0 Å². The molecule has 0 aliphatic rings. The standard InChI is InChI=1S/C20H19ClN4O4S/c1-2-4-18(26)22-14-8-9-16(21)17(12-14)23-20(30)24-19(27)10-7-13-5-3-6-15(11-13)25(28)29/h3,5-12H,2,4H2,1H3,(H,22,26)(H2,23,24,27,30)/b10-7+. The molecule has 2 aromatic carbocycles. The minimum absolute atomic E-state index is 0.00243. The Balaban J connectivity index is 1.98. The summed E-state index contributed by atoms with van der Waals surface area (Å²) >= 11 is 11.3. The number of thiocarbonyl (C=S) groups is 1. The highest BCUT2D eigenvalue weighted by Crippen LogP contribution is 2.25. The summed E-state index contributed by atoms with van der Waals surface area (Å²) in [4.78, 5) is 34.1. The Morgan fingerprint density at radius 3 is 2.67 bits per heavy atom. The minimum atomic E-state index is -0.525. The van der Waals surface area contributed by atoms with Crippen LogP contribution in [0.5, 0.6) is 0 Å². The molecule has 0 fully saturated rings. The average molecular weight is 447 g/mol. The number of non-ortho nitro benzene ring substituents is 1. The van der Waals surface area contributed by atoms with Crippen molar-refractivity contribution in [2.24, 2.45) is 0 Å². The second kappa shape index (κ2) is 11.0. The first-order valence-electron chi connectivity index (χ1n) is 8.92. The number of anilines is 2. The van der Waals surface area contributed by atoms with Crippen LogP contribution in [-0.4, -0.2) is 21.9 Å². The lowest BCUT2D eigenvalue weighted by Gasteiger charge is -2.12. The number of amides is 2. The van der Waals surface area contributed by atoms with Crippen molar-refractivity contribution in [2.75, 3.05) is 10.6 Å². The maximum atomic E-state index is 12.1. The molecule has 0 bridgehead atoms. The van der Waals surface area contributed by atoms with E-state index < -0.39 is 10.8 Å². The van der Waals surface area contributed by atoms with Gasteiger partial charge in [-0.05, 0) is 48.5 Å². The monoisotopic (exact) mass is 446 g/mol. The molecule has 2 rings (SSSR count). The third-order valence-electron chi connectivity index (χ3n) is 3.72. The molecule has 10 heteroatoms. The lowest BCUT2D eigenvalue weighted by Crippen LogP contribution is -2.32. The van der Waals surface area contributed by atoms with E-state index in [2.05, 4.69) is 16.0 Å². The van der Waals surface area contributed by atoms with E-state index in [4.69, 9.17) is 23.8 Å². The van der Waals surface area contributed by atoms with Gasteiger partial charge in [-0.25, -0.2) is 0 Å². The first-order valence-corrected chi connectivity index (χ1v) is 9.71. The summed E-state index contributed by atoms with van der Waals surface area (Å²) in [7, 11) is 0. The fourth-order valence-electron chi connectivity index (χ4n) is 2.37. The molecule has 0 atom stereocenters. The van der Waals surface area contributed by atoms with Gasteiger partial charge in [-0.15, -0.1) is 0 Å². The van der Waals surface area contributed by atoms with E-state index in [1.54, 1.807) is 24.3 Å². The lowest BCUT2D eigenvalue weighted by atomic mass is 10.2. The number of hydrogen-bond acceptors (Lipinski definition) is 5. The smallest absolute Gasteiger partial charge is 0.270 e. The van der Waals surface area contributed by atoms with E-state index >= 15 is 0 Å². The number of nitrogens with one attached hydrogen (secondary N) is 3. The maximum absolute atomic E-state index is 12.1. The third-order valence-corrected chi connectivity index (χ3v) is 4.25. The number of halogens is 1. The molecule has 0 saturated heterocycles. The molecule has 3 N–H and O–H groups in total. The van der Waals surface area contributed by atoms with Gasteiger partial charge in [-0.3, -0.25) is 25.0 Å². The van der Waals surface area contributed by atoms with Crippen LogP contribution in [0.2, 0.25) is 5.02 Å². The number of nitrogens with zero attached hydrogens (tertiary/aromatic N) is 1. The van der Waals surface area contributed by atoms with Crippen LogP contribution >= 0.6 is 23.8 Å². The fraction of sp³-hybridized carbons (Fsp3) is 0.150. The van der Waals surface area contributed by atoms with E-state index in [9.17, 15) is 19.7 Å². The molecule has 0 saturated carbocycles. The lowest BCUT2D eigenvalue weighted by molar-refractivity contribution is -0.384. The van der Waals surface area contributed by atoms with Crippen LogP contribution in [-0.2, 0) is 9.59 Å². The zero-order chi connectivity index (χ0) is 22.1. The summed E-state index contributed by atoms with van der Waals surface area (Å²) in [6.45, 7) is 1.91. The molecule has 0 radical (unpaired) electrons. The van der Waals surface area contributed by atoms with Crippen molar-refractivity contribution in [3.8, 4) is 0 Å². The molecule has 30 heavy (non-hydrogen) atoms. The quantitative estimate of drug-likeness (QED) is 0.249. The van der Waals surface area contributed by atoms with Crippen LogP contribution in [0.1, 0.15) is 25.3 Å². The number of nitro benzene ring substituents is 1. The first-order chi connectivity index (χ1) is 14.3. The number of carbonyl (C=O) groups excluding carboxylic acids is 2. The molecule has 8 nitrogen and oxygen atoms in total. The van der Waals surface area contributed by atoms with Gasteiger partial charge in [0.15, 0.2) is 5.11 Å². The Morgan fingerprint density at radius 2 is 1.97 bits per heavy atom. The van der Waals surface area contributed by atoms with Crippen molar-refractivity contribution >= 4 is 63.9 Å². The molecule has 0 aromatic heterocycles. The van der Waals surface area contributed by atoms with Crippen molar-refractivity contribution in [3.05, 3.63) is 69.2 Å². The third kappa shape index (κ3) is 7.26. The predicted molar refractivity (Wildman–Crippen MR) is 121 cm³/mol. The Labute approximate surface area is 183 Å². The topological polar surface area (TPSA) is 113 Å². The van der Waals surface area contributed by atoms with Crippen molar-refractivity contribution in [3.63, 3.8) is 0 Å². The molecule has 0 unspecified atom stereocenters. The van der Waals surface area contributed by atoms with E-state index in [0.29, 0.717) is 28.4 Å². The number of carbonyl (C=O) groups is 2. The zero-order valence-electron chi connectivity index (χ0n) is 16.0. The van der Waals surface area contributed by atoms with Gasteiger partial charge < -0.3 is 10.6 Å². The number of benzene rings is 2. The molecule has 0 spiro atoms. The van der Waals surface area contributed by atoms with Crippen LogP contribution in [0.25, 0.3) is 6.08 Å². The molecular formula is C20H19ClN4O4S. The van der Waals surface area contributed by atoms with Crippen molar-refractivity contribution in [2.45, 2.75) is 19.8 Å². The van der Waals surface area contributed by atoms with Crippen LogP contribution in [0, 0.1) is 10.1 Å². The van der Waals surface area contributed by atoms with Gasteiger partial charge in [0.2, 0.25) is 11.8 Å². The number of rotatable bonds is 7. The van der Waals surface area contributed by atoms with Crippen molar-refractivity contribution in [1.82, 2.24) is 5.32 Å². The van der Waals surface area contributed by atoms with Crippen molar-refractivity contribution < 1.29 is 14.5 Å². The maximum Gasteiger partial charge on any atom is 0.270 e. The fourth-order valence-corrected chi connectivity index (χ4v) is 2.75. The largest absolute Gasteiger partial charge is 0.331 e. The summed E-state index contributed by atoms with van der Waals surface area (Å²) < 4.78 is 0. The van der Waals surface area contributed by atoms with Crippen LogP contribution < -0.4 is 16.0 Å². The van der Waals surface area contributed by atoms with Crippen LogP contribution in [0.15, 0.2) is 48.5 Å². The average Bonchev–Trinajstić information content (AvgIpc) is 2.69. The van der Waals surface area contributed by atoms with Gasteiger partial charge in [0.25, 0.3) is 5.69 Å². The molecular weight excluding hydrogens is 428 g/mol. The summed E-state index contributed by atoms with van der Waals surface area (Å²) in [5.41, 5.74) is 1.38. The summed E-state index contributed by atoms with van der Waals surface area (Å²) in [5.74, 6) is -0.643. The summed E-state index contributed by atoms with van der Waals surface area (Å²) in [5, 5.41) is 19.2. The Hall–Kier alpha value is -3.30. The SMILES string of the molecule is CCCC(=O)Nc1ccc(Cl)c(NC(=S)NC(=O)/C=C/c2cccc([N+](=O)[O-])c2)c1. The second-order valence-electron chi connectivity index (χ2n) is 6.12. The normalized spacial score (nSPS) is 10.5. The number of hydrogen-bond donors (Lipinski definition) is 3. The van der Waals surface area contributed by atoms with E-state index in [1.165, 1.54) is 30.4 Å². The van der Waals surface area contributed by atoms with Gasteiger partial charge in [0.1, 0.15) is 0 Å². The van der Waals surface area contributed by atoms with Crippen molar-refractivity contribution in [1.29, 1.82) is 0 Å². The summed E-state index contributed by atoms with van der Waals surface area (Å²) in [6.07, 6.45) is 3.76. The van der Waals surface area contributed by atoms with Crippen LogP contribution in [0.4, 0.5) is 17.1 Å². The highest BCUT2D eigenvalue weighted by molar-refractivity contribution is 7.80. The highest BCUT2D eigenvalue weighted by atomic mass is 35.5. The second-order valence-corrected chi connectivity index (χ2v) is 6.94. The highest BCUT2D eigenvalue weighted by Gasteiger charge is 2.09. The van der Waals surface area contributed by atoms with E-state index in [-0.39, 0.29) is 16.7 Å². The van der Waals surface area contributed by atoms with E-state index in [0.717, 1.165) is 6.42 Å². The summed E-state index contributed by atoms with van der Waals surface area (Å²) in [6, 6.07) is 10.7. The van der Waals surface area contributed by atoms with Gasteiger partial charge in [0, 0.05) is 30.3 Å². The zero-order valence-corrected chi connectivity index (χ0v) is 17.5. The molecule has 2 aromatic rings.